The van der Waals surface area contributed by atoms with Crippen LogP contribution in [0.5, 0.6) is 0 Å². The lowest BCUT2D eigenvalue weighted by molar-refractivity contribution is -0.137. The lowest BCUT2D eigenvalue weighted by Crippen LogP contribution is -2.36. The van der Waals surface area contributed by atoms with Crippen LogP contribution in [0.3, 0.4) is 0 Å². The Bertz CT molecular complexity index is 883. The van der Waals surface area contributed by atoms with Crippen molar-refractivity contribution in [3.05, 3.63) is 41.7 Å². The monoisotopic (exact) mass is 411 g/mol. The van der Waals surface area contributed by atoms with Crippen molar-refractivity contribution in [1.82, 2.24) is 15.3 Å². The zero-order valence-electron chi connectivity index (χ0n) is 15.9. The van der Waals surface area contributed by atoms with Gasteiger partial charge in [0.25, 0.3) is 5.91 Å². The molecule has 10 heteroatoms. The average molecular weight is 411 g/mol. The molecule has 0 radical (unpaired) electrons. The molecule has 0 saturated heterocycles. The van der Waals surface area contributed by atoms with Crippen LogP contribution in [0.25, 0.3) is 0 Å². The summed E-state index contributed by atoms with van der Waals surface area (Å²) in [6.07, 6.45) is -0.676. The SMILES string of the molecule is CNC(=O)c1cnc(Nc2ccc(C(F)(F)F)cn2)cc1NC1CCC[C@]1(C)F. The molecule has 1 saturated carbocycles. The highest BCUT2D eigenvalue weighted by molar-refractivity contribution is 5.99. The molecule has 0 aliphatic heterocycles. The average Bonchev–Trinajstić information content (AvgIpc) is 2.99. The van der Waals surface area contributed by atoms with E-state index in [2.05, 4.69) is 25.9 Å². The zero-order chi connectivity index (χ0) is 21.2. The van der Waals surface area contributed by atoms with E-state index in [-0.39, 0.29) is 17.2 Å². The van der Waals surface area contributed by atoms with Crippen molar-refractivity contribution in [3.63, 3.8) is 0 Å². The third-order valence-corrected chi connectivity index (χ3v) is 4.94. The fourth-order valence-corrected chi connectivity index (χ4v) is 3.26. The molecule has 0 aromatic carbocycles. The second-order valence-corrected chi connectivity index (χ2v) is 7.12. The molecule has 2 heterocycles. The molecule has 2 atom stereocenters. The van der Waals surface area contributed by atoms with Gasteiger partial charge in [-0.1, -0.05) is 0 Å². The third-order valence-electron chi connectivity index (χ3n) is 4.94. The van der Waals surface area contributed by atoms with Crippen molar-refractivity contribution < 1.29 is 22.4 Å². The highest BCUT2D eigenvalue weighted by atomic mass is 19.4. The molecule has 6 nitrogen and oxygen atoms in total. The topological polar surface area (TPSA) is 78.9 Å². The molecule has 2 aromatic rings. The van der Waals surface area contributed by atoms with Gasteiger partial charge in [0.1, 0.15) is 17.3 Å². The van der Waals surface area contributed by atoms with Crippen LogP contribution in [0, 0.1) is 0 Å². The molecular formula is C19H21F4N5O. The van der Waals surface area contributed by atoms with Crippen molar-refractivity contribution in [1.29, 1.82) is 0 Å². The Morgan fingerprint density at radius 1 is 1.21 bits per heavy atom. The number of carbonyl (C=O) groups is 1. The number of pyridine rings is 2. The van der Waals surface area contributed by atoms with Gasteiger partial charge in [-0.3, -0.25) is 4.79 Å². The summed E-state index contributed by atoms with van der Waals surface area (Å²) in [6.45, 7) is 1.52. The van der Waals surface area contributed by atoms with Gasteiger partial charge in [-0.15, -0.1) is 0 Å². The minimum atomic E-state index is -4.48. The molecule has 3 rings (SSSR count). The van der Waals surface area contributed by atoms with Gasteiger partial charge in [-0.25, -0.2) is 14.4 Å². The maximum Gasteiger partial charge on any atom is 0.417 e. The number of hydrogen-bond donors (Lipinski definition) is 3. The Kier molecular flexibility index (Phi) is 5.63. The summed E-state index contributed by atoms with van der Waals surface area (Å²) >= 11 is 0. The molecule has 1 unspecified atom stereocenters. The molecule has 0 spiro atoms. The number of anilines is 3. The quantitative estimate of drug-likeness (QED) is 0.640. The fourth-order valence-electron chi connectivity index (χ4n) is 3.26. The number of halogens is 4. The van der Waals surface area contributed by atoms with E-state index in [1.165, 1.54) is 32.3 Å². The Morgan fingerprint density at radius 2 is 1.93 bits per heavy atom. The number of carbonyl (C=O) groups excluding carboxylic acids is 1. The van der Waals surface area contributed by atoms with Crippen LogP contribution in [0.15, 0.2) is 30.6 Å². The van der Waals surface area contributed by atoms with Gasteiger partial charge in [-0.05, 0) is 38.3 Å². The van der Waals surface area contributed by atoms with Crippen molar-refractivity contribution in [3.8, 4) is 0 Å². The second-order valence-electron chi connectivity index (χ2n) is 7.12. The van der Waals surface area contributed by atoms with Crippen molar-refractivity contribution in [2.45, 2.75) is 44.1 Å². The first-order valence-corrected chi connectivity index (χ1v) is 9.08. The summed E-state index contributed by atoms with van der Waals surface area (Å²) in [5.41, 5.74) is -1.66. The number of hydrogen-bond acceptors (Lipinski definition) is 5. The van der Waals surface area contributed by atoms with Crippen LogP contribution in [0.1, 0.15) is 42.1 Å². The predicted molar refractivity (Wildman–Crippen MR) is 101 cm³/mol. The molecule has 3 N–H and O–H groups in total. The van der Waals surface area contributed by atoms with E-state index in [4.69, 9.17) is 0 Å². The Labute approximate surface area is 165 Å². The van der Waals surface area contributed by atoms with Crippen molar-refractivity contribution in [2.75, 3.05) is 17.7 Å². The largest absolute Gasteiger partial charge is 0.417 e. The minimum Gasteiger partial charge on any atom is -0.378 e. The zero-order valence-corrected chi connectivity index (χ0v) is 15.9. The Hall–Kier alpha value is -2.91. The molecule has 1 aliphatic rings. The summed E-state index contributed by atoms with van der Waals surface area (Å²) in [7, 11) is 1.47. The first-order chi connectivity index (χ1) is 13.6. The standard InChI is InChI=1S/C19H21F4N5O/c1-18(20)7-3-4-14(18)27-13-8-16(26-10-12(13)17(29)24-2)28-15-6-5-11(9-25-15)19(21,22)23/h5-6,8-10,14H,3-4,7H2,1-2H3,(H,24,29)(H2,25,26,27,28)/t14?,18-/m0/s1. The van der Waals surface area contributed by atoms with Gasteiger partial charge in [0.05, 0.1) is 22.9 Å². The smallest absolute Gasteiger partial charge is 0.378 e. The van der Waals surface area contributed by atoms with Gasteiger partial charge < -0.3 is 16.0 Å². The normalized spacial score (nSPS) is 21.7. The van der Waals surface area contributed by atoms with E-state index < -0.39 is 29.4 Å². The number of nitrogens with zero attached hydrogens (tertiary/aromatic N) is 2. The molecule has 1 fully saturated rings. The van der Waals surface area contributed by atoms with Gasteiger partial charge in [0.2, 0.25) is 0 Å². The number of aromatic nitrogens is 2. The van der Waals surface area contributed by atoms with Crippen LogP contribution in [-0.4, -0.2) is 34.6 Å². The molecule has 2 aromatic heterocycles. The van der Waals surface area contributed by atoms with Crippen molar-refractivity contribution in [2.24, 2.45) is 0 Å². The summed E-state index contributed by atoms with van der Waals surface area (Å²) in [4.78, 5) is 20.0. The maximum absolute atomic E-state index is 14.7. The molecule has 0 bridgehead atoms. The Balaban J connectivity index is 1.85. The number of nitrogens with one attached hydrogen (secondary N) is 3. The highest BCUT2D eigenvalue weighted by Gasteiger charge is 2.39. The molecule has 29 heavy (non-hydrogen) atoms. The molecule has 1 amide bonds. The minimum absolute atomic E-state index is 0.153. The van der Waals surface area contributed by atoms with Gasteiger partial charge in [0, 0.05) is 25.5 Å². The Morgan fingerprint density at radius 3 is 2.48 bits per heavy atom. The van der Waals surface area contributed by atoms with Gasteiger partial charge >= 0.3 is 6.18 Å². The van der Waals surface area contributed by atoms with E-state index in [0.29, 0.717) is 24.7 Å². The second kappa shape index (κ2) is 7.84. The fraction of sp³-hybridized carbons (Fsp3) is 0.421. The van der Waals surface area contributed by atoms with E-state index >= 15 is 0 Å². The molecule has 1 aliphatic carbocycles. The van der Waals surface area contributed by atoms with Crippen LogP contribution in [0.2, 0.25) is 0 Å². The summed E-state index contributed by atoms with van der Waals surface area (Å²) in [6, 6.07) is 3.13. The lowest BCUT2D eigenvalue weighted by atomic mass is 10.0. The van der Waals surface area contributed by atoms with Crippen LogP contribution in [0.4, 0.5) is 34.9 Å². The van der Waals surface area contributed by atoms with Crippen LogP contribution in [-0.2, 0) is 6.18 Å². The van der Waals surface area contributed by atoms with E-state index in [9.17, 15) is 22.4 Å². The number of alkyl halides is 4. The number of amides is 1. The lowest BCUT2D eigenvalue weighted by Gasteiger charge is -2.26. The van der Waals surface area contributed by atoms with E-state index in [1.54, 1.807) is 0 Å². The van der Waals surface area contributed by atoms with Gasteiger partial charge in [0.15, 0.2) is 0 Å². The number of rotatable bonds is 5. The summed E-state index contributed by atoms with van der Waals surface area (Å²) < 4.78 is 52.6. The van der Waals surface area contributed by atoms with Crippen LogP contribution >= 0.6 is 0 Å². The first kappa shape index (κ1) is 20.8. The van der Waals surface area contributed by atoms with Gasteiger partial charge in [-0.2, -0.15) is 13.2 Å². The van der Waals surface area contributed by atoms with E-state index in [1.807, 2.05) is 0 Å². The van der Waals surface area contributed by atoms with Crippen molar-refractivity contribution >= 4 is 23.2 Å². The van der Waals surface area contributed by atoms with E-state index in [0.717, 1.165) is 12.5 Å². The maximum atomic E-state index is 14.7. The molecular weight excluding hydrogens is 390 g/mol. The summed E-state index contributed by atoms with van der Waals surface area (Å²) in [5.74, 6) is 0.0177. The van der Waals surface area contributed by atoms with Crippen LogP contribution < -0.4 is 16.0 Å². The molecule has 156 valence electrons. The first-order valence-electron chi connectivity index (χ1n) is 9.08. The third kappa shape index (κ3) is 4.75. The highest BCUT2D eigenvalue weighted by Crippen LogP contribution is 2.36. The summed E-state index contributed by atoms with van der Waals surface area (Å²) in [5, 5.41) is 8.39. The predicted octanol–water partition coefficient (Wildman–Crippen LogP) is 4.29.